The van der Waals surface area contributed by atoms with Crippen LogP contribution in [0.4, 0.5) is 0 Å². The molecule has 15 heavy (non-hydrogen) atoms. The van der Waals surface area contributed by atoms with Gasteiger partial charge in [-0.2, -0.15) is 0 Å². The van der Waals surface area contributed by atoms with Gasteiger partial charge < -0.3 is 10.5 Å². The van der Waals surface area contributed by atoms with Crippen LogP contribution in [0.3, 0.4) is 0 Å². The summed E-state index contributed by atoms with van der Waals surface area (Å²) in [4.78, 5) is 0. The average Bonchev–Trinajstić information content (AvgIpc) is 2.17. The van der Waals surface area contributed by atoms with Crippen LogP contribution in [0.5, 0.6) is 5.75 Å². The van der Waals surface area contributed by atoms with E-state index in [0.717, 1.165) is 5.57 Å². The molecule has 0 aromatic heterocycles. The smallest absolute Gasteiger partial charge is 0.138 e. The number of hydrogen-bond acceptors (Lipinski definition) is 2. The van der Waals surface area contributed by atoms with E-state index in [-0.39, 0.29) is 0 Å². The van der Waals surface area contributed by atoms with Crippen molar-refractivity contribution >= 4 is 23.2 Å². The molecular formula is C11H13Cl2NO. The molecule has 4 heteroatoms. The van der Waals surface area contributed by atoms with Gasteiger partial charge in [0.25, 0.3) is 0 Å². The molecule has 0 fully saturated rings. The summed E-state index contributed by atoms with van der Waals surface area (Å²) in [5, 5.41) is 1.12. The fourth-order valence-corrected chi connectivity index (χ4v) is 1.51. The van der Waals surface area contributed by atoms with E-state index >= 15 is 0 Å². The molecule has 0 spiro atoms. The monoisotopic (exact) mass is 245 g/mol. The SMILES string of the molecule is C/C(=C\CN)COc1ccc(Cl)cc1Cl. The summed E-state index contributed by atoms with van der Waals surface area (Å²) in [6.07, 6.45) is 1.91. The van der Waals surface area contributed by atoms with E-state index < -0.39 is 0 Å². The number of ether oxygens (including phenoxy) is 1. The molecule has 2 nitrogen and oxygen atoms in total. The van der Waals surface area contributed by atoms with Gasteiger partial charge in [-0.05, 0) is 30.7 Å². The normalized spacial score (nSPS) is 11.6. The van der Waals surface area contributed by atoms with Crippen LogP contribution in [0.1, 0.15) is 6.92 Å². The molecule has 82 valence electrons. The van der Waals surface area contributed by atoms with Gasteiger partial charge in [-0.1, -0.05) is 29.3 Å². The third-order valence-corrected chi connectivity index (χ3v) is 2.35. The zero-order valence-corrected chi connectivity index (χ0v) is 9.98. The van der Waals surface area contributed by atoms with Gasteiger partial charge >= 0.3 is 0 Å². The minimum Gasteiger partial charge on any atom is -0.488 e. The summed E-state index contributed by atoms with van der Waals surface area (Å²) in [7, 11) is 0. The molecular weight excluding hydrogens is 233 g/mol. The Bertz CT molecular complexity index is 364. The zero-order valence-electron chi connectivity index (χ0n) is 8.47. The van der Waals surface area contributed by atoms with Crippen LogP contribution in [-0.4, -0.2) is 13.2 Å². The van der Waals surface area contributed by atoms with Crippen LogP contribution in [0.2, 0.25) is 10.0 Å². The Kier molecular flexibility index (Phi) is 4.95. The van der Waals surface area contributed by atoms with E-state index in [1.54, 1.807) is 18.2 Å². The average molecular weight is 246 g/mol. The van der Waals surface area contributed by atoms with Crippen molar-refractivity contribution < 1.29 is 4.74 Å². The van der Waals surface area contributed by atoms with Crippen LogP contribution in [0.25, 0.3) is 0 Å². The van der Waals surface area contributed by atoms with Crippen molar-refractivity contribution in [3.05, 3.63) is 39.9 Å². The largest absolute Gasteiger partial charge is 0.488 e. The Morgan fingerprint density at radius 3 is 2.80 bits per heavy atom. The first-order chi connectivity index (χ1) is 7.13. The van der Waals surface area contributed by atoms with E-state index in [1.165, 1.54) is 0 Å². The van der Waals surface area contributed by atoms with Gasteiger partial charge in [0.1, 0.15) is 12.4 Å². The highest BCUT2D eigenvalue weighted by molar-refractivity contribution is 6.35. The molecule has 0 bridgehead atoms. The number of rotatable bonds is 4. The number of nitrogens with two attached hydrogens (primary N) is 1. The van der Waals surface area contributed by atoms with E-state index in [9.17, 15) is 0 Å². The van der Waals surface area contributed by atoms with Gasteiger partial charge in [0.2, 0.25) is 0 Å². The summed E-state index contributed by atoms with van der Waals surface area (Å²) in [6.45, 7) is 2.96. The second-order valence-electron chi connectivity index (χ2n) is 3.15. The van der Waals surface area contributed by atoms with Crippen LogP contribution >= 0.6 is 23.2 Å². The molecule has 1 aromatic carbocycles. The van der Waals surface area contributed by atoms with Crippen LogP contribution in [-0.2, 0) is 0 Å². The molecule has 0 saturated carbocycles. The van der Waals surface area contributed by atoms with Gasteiger partial charge in [-0.25, -0.2) is 0 Å². The lowest BCUT2D eigenvalue weighted by Gasteiger charge is -2.08. The zero-order chi connectivity index (χ0) is 11.3. The first-order valence-corrected chi connectivity index (χ1v) is 5.32. The number of halogens is 2. The molecule has 0 heterocycles. The van der Waals surface area contributed by atoms with Gasteiger partial charge in [0.15, 0.2) is 0 Å². The Labute approximate surface area is 99.6 Å². The minimum atomic E-state index is 0.485. The predicted octanol–water partition coefficient (Wildman–Crippen LogP) is 3.28. The summed E-state index contributed by atoms with van der Waals surface area (Å²) in [5.41, 5.74) is 6.45. The third-order valence-electron chi connectivity index (χ3n) is 1.82. The topological polar surface area (TPSA) is 35.2 Å². The first kappa shape index (κ1) is 12.4. The standard InChI is InChI=1S/C11H13Cl2NO/c1-8(4-5-14)7-15-11-3-2-9(12)6-10(11)13/h2-4,6H,5,7,14H2,1H3/b8-4+. The summed E-state index contributed by atoms with van der Waals surface area (Å²) in [5.74, 6) is 0.630. The van der Waals surface area contributed by atoms with Crippen molar-refractivity contribution in [2.24, 2.45) is 5.73 Å². The van der Waals surface area contributed by atoms with E-state index in [1.807, 2.05) is 13.0 Å². The molecule has 2 N–H and O–H groups in total. The highest BCUT2D eigenvalue weighted by Crippen LogP contribution is 2.27. The van der Waals surface area contributed by atoms with Crippen LogP contribution < -0.4 is 10.5 Å². The van der Waals surface area contributed by atoms with Gasteiger partial charge in [0, 0.05) is 11.6 Å². The van der Waals surface area contributed by atoms with Crippen molar-refractivity contribution in [2.75, 3.05) is 13.2 Å². The van der Waals surface area contributed by atoms with Crippen molar-refractivity contribution in [1.29, 1.82) is 0 Å². The molecule has 0 aliphatic heterocycles. The molecule has 0 unspecified atom stereocenters. The first-order valence-electron chi connectivity index (χ1n) is 4.57. The van der Waals surface area contributed by atoms with Crippen LogP contribution in [0.15, 0.2) is 29.8 Å². The number of hydrogen-bond donors (Lipinski definition) is 1. The number of benzene rings is 1. The lowest BCUT2D eigenvalue weighted by Crippen LogP contribution is -2.02. The van der Waals surface area contributed by atoms with E-state index in [2.05, 4.69) is 0 Å². The van der Waals surface area contributed by atoms with Gasteiger partial charge in [0.05, 0.1) is 5.02 Å². The molecule has 0 aliphatic carbocycles. The van der Waals surface area contributed by atoms with Crippen molar-refractivity contribution in [1.82, 2.24) is 0 Å². The lowest BCUT2D eigenvalue weighted by atomic mass is 10.3. The van der Waals surface area contributed by atoms with Crippen molar-refractivity contribution in [2.45, 2.75) is 6.92 Å². The summed E-state index contributed by atoms with van der Waals surface area (Å²) < 4.78 is 5.49. The molecule has 0 radical (unpaired) electrons. The molecule has 0 amide bonds. The fraction of sp³-hybridized carbons (Fsp3) is 0.273. The Morgan fingerprint density at radius 1 is 1.47 bits per heavy atom. The maximum atomic E-state index is 5.94. The molecule has 1 rings (SSSR count). The highest BCUT2D eigenvalue weighted by Gasteiger charge is 2.01. The van der Waals surface area contributed by atoms with Crippen LogP contribution in [0, 0.1) is 0 Å². The van der Waals surface area contributed by atoms with Gasteiger partial charge in [-0.3, -0.25) is 0 Å². The second-order valence-corrected chi connectivity index (χ2v) is 3.99. The molecule has 0 saturated heterocycles. The molecule has 0 aliphatic rings. The Hall–Kier alpha value is -0.700. The Morgan fingerprint density at radius 2 is 2.20 bits per heavy atom. The lowest BCUT2D eigenvalue weighted by molar-refractivity contribution is 0.352. The van der Waals surface area contributed by atoms with E-state index in [4.69, 9.17) is 33.7 Å². The van der Waals surface area contributed by atoms with Crippen molar-refractivity contribution in [3.8, 4) is 5.75 Å². The second kappa shape index (κ2) is 6.01. The molecule has 1 aromatic rings. The molecule has 0 atom stereocenters. The summed E-state index contributed by atoms with van der Waals surface area (Å²) >= 11 is 11.7. The highest BCUT2D eigenvalue weighted by atomic mass is 35.5. The van der Waals surface area contributed by atoms with Crippen molar-refractivity contribution in [3.63, 3.8) is 0 Å². The summed E-state index contributed by atoms with van der Waals surface area (Å²) in [6, 6.07) is 5.14. The van der Waals surface area contributed by atoms with E-state index in [0.29, 0.717) is 28.9 Å². The maximum absolute atomic E-state index is 5.94. The predicted molar refractivity (Wildman–Crippen MR) is 64.8 cm³/mol. The Balaban J connectivity index is 2.62. The van der Waals surface area contributed by atoms with Gasteiger partial charge in [-0.15, -0.1) is 0 Å². The maximum Gasteiger partial charge on any atom is 0.138 e. The minimum absolute atomic E-state index is 0.485. The fourth-order valence-electron chi connectivity index (χ4n) is 1.04. The quantitative estimate of drug-likeness (QED) is 0.827. The third kappa shape index (κ3) is 4.12.